The van der Waals surface area contributed by atoms with Gasteiger partial charge in [-0.25, -0.2) is 4.21 Å². The molecule has 0 saturated heterocycles. The van der Waals surface area contributed by atoms with E-state index >= 15 is 0 Å². The summed E-state index contributed by atoms with van der Waals surface area (Å²) in [4.78, 5) is 0.336. The molecule has 0 aliphatic rings. The lowest BCUT2D eigenvalue weighted by atomic mass is 10.1. The molecule has 1 N–H and O–H groups in total. The third kappa shape index (κ3) is 3.99. The molecule has 0 bridgehead atoms. The molecule has 22 heavy (non-hydrogen) atoms. The third-order valence-corrected chi connectivity index (χ3v) is 3.86. The van der Waals surface area contributed by atoms with E-state index in [1.54, 1.807) is 44.6 Å². The molecular formula is C16H18O5S. The van der Waals surface area contributed by atoms with Crippen LogP contribution in [0.25, 0.3) is 0 Å². The van der Waals surface area contributed by atoms with Gasteiger partial charge in [-0.2, -0.15) is 0 Å². The van der Waals surface area contributed by atoms with Crippen molar-refractivity contribution < 1.29 is 23.0 Å². The zero-order valence-electron chi connectivity index (χ0n) is 12.6. The Morgan fingerprint density at radius 3 is 1.95 bits per heavy atom. The van der Waals surface area contributed by atoms with E-state index < -0.39 is 11.1 Å². The van der Waals surface area contributed by atoms with Gasteiger partial charge in [0, 0.05) is 6.07 Å². The molecule has 118 valence electrons. The maximum absolute atomic E-state index is 10.9. The van der Waals surface area contributed by atoms with Crippen molar-refractivity contribution in [1.82, 2.24) is 0 Å². The van der Waals surface area contributed by atoms with Crippen LogP contribution in [-0.4, -0.2) is 23.0 Å². The molecule has 2 unspecified atom stereocenters. The second kappa shape index (κ2) is 7.29. The van der Waals surface area contributed by atoms with Gasteiger partial charge in [-0.1, -0.05) is 0 Å². The van der Waals surface area contributed by atoms with Gasteiger partial charge in [-0.15, -0.1) is 0 Å². The molecule has 2 atom stereocenters. The van der Waals surface area contributed by atoms with E-state index in [4.69, 9.17) is 18.8 Å². The van der Waals surface area contributed by atoms with E-state index in [0.29, 0.717) is 22.1 Å². The SMILES string of the molecule is COc1cc(OC)cc(C(C)Oc2ccc(S(=O)O)cc2)c1. The van der Waals surface area contributed by atoms with Gasteiger partial charge in [0.15, 0.2) is 11.1 Å². The molecule has 2 aromatic rings. The van der Waals surface area contributed by atoms with Crippen LogP contribution in [0.5, 0.6) is 17.2 Å². The van der Waals surface area contributed by atoms with Crippen molar-refractivity contribution in [2.75, 3.05) is 14.2 Å². The van der Waals surface area contributed by atoms with Crippen LogP contribution in [0.4, 0.5) is 0 Å². The fourth-order valence-corrected chi connectivity index (χ4v) is 2.34. The van der Waals surface area contributed by atoms with Gasteiger partial charge in [0.05, 0.1) is 19.1 Å². The summed E-state index contributed by atoms with van der Waals surface area (Å²) in [6.45, 7) is 1.91. The van der Waals surface area contributed by atoms with E-state index in [0.717, 1.165) is 5.56 Å². The minimum atomic E-state index is -1.98. The molecule has 0 saturated carbocycles. The number of methoxy groups -OCH3 is 2. The maximum Gasteiger partial charge on any atom is 0.186 e. The molecule has 0 spiro atoms. The first-order chi connectivity index (χ1) is 10.5. The van der Waals surface area contributed by atoms with Crippen molar-refractivity contribution in [2.24, 2.45) is 0 Å². The lowest BCUT2D eigenvalue weighted by Gasteiger charge is -2.17. The Kier molecular flexibility index (Phi) is 5.41. The van der Waals surface area contributed by atoms with Crippen molar-refractivity contribution in [3.8, 4) is 17.2 Å². The standard InChI is InChI=1S/C16H18O5S/c1-11(12-8-14(19-2)10-15(9-12)20-3)21-13-4-6-16(7-5-13)22(17)18/h4-11H,1-3H3,(H,17,18). The number of rotatable bonds is 6. The first kappa shape index (κ1) is 16.3. The van der Waals surface area contributed by atoms with Crippen molar-refractivity contribution in [3.05, 3.63) is 48.0 Å². The summed E-state index contributed by atoms with van der Waals surface area (Å²) in [6, 6.07) is 12.0. The van der Waals surface area contributed by atoms with E-state index in [9.17, 15) is 4.21 Å². The predicted molar refractivity (Wildman–Crippen MR) is 84.1 cm³/mol. The van der Waals surface area contributed by atoms with E-state index in [-0.39, 0.29) is 6.10 Å². The summed E-state index contributed by atoms with van der Waals surface area (Å²) in [7, 11) is 3.19. The van der Waals surface area contributed by atoms with Crippen LogP contribution in [0.1, 0.15) is 18.6 Å². The number of hydrogen-bond donors (Lipinski definition) is 1. The van der Waals surface area contributed by atoms with Crippen LogP contribution in [0.15, 0.2) is 47.4 Å². The molecule has 5 nitrogen and oxygen atoms in total. The highest BCUT2D eigenvalue weighted by atomic mass is 32.2. The lowest BCUT2D eigenvalue weighted by molar-refractivity contribution is 0.225. The Morgan fingerprint density at radius 2 is 1.50 bits per heavy atom. The van der Waals surface area contributed by atoms with Gasteiger partial charge in [-0.05, 0) is 48.9 Å². The smallest absolute Gasteiger partial charge is 0.186 e. The van der Waals surface area contributed by atoms with Crippen LogP contribution >= 0.6 is 0 Å². The highest BCUT2D eigenvalue weighted by Gasteiger charge is 2.11. The molecule has 0 aliphatic heterocycles. The Hall–Kier alpha value is -2.05. The Balaban J connectivity index is 2.17. The summed E-state index contributed by atoms with van der Waals surface area (Å²) in [5.74, 6) is 2.00. The maximum atomic E-state index is 10.9. The van der Waals surface area contributed by atoms with Crippen molar-refractivity contribution in [2.45, 2.75) is 17.9 Å². The third-order valence-electron chi connectivity index (χ3n) is 3.18. The summed E-state index contributed by atoms with van der Waals surface area (Å²) in [5.41, 5.74) is 0.908. The number of hydrogen-bond acceptors (Lipinski definition) is 4. The number of benzene rings is 2. The van der Waals surface area contributed by atoms with Gasteiger partial charge in [0.2, 0.25) is 0 Å². The molecule has 0 radical (unpaired) electrons. The van der Waals surface area contributed by atoms with Crippen LogP contribution in [0.3, 0.4) is 0 Å². The lowest BCUT2D eigenvalue weighted by Crippen LogP contribution is -2.04. The zero-order chi connectivity index (χ0) is 16.1. The van der Waals surface area contributed by atoms with Gasteiger partial charge in [-0.3, -0.25) is 0 Å². The van der Waals surface area contributed by atoms with Gasteiger partial charge in [0.1, 0.15) is 23.4 Å². The zero-order valence-corrected chi connectivity index (χ0v) is 13.4. The van der Waals surface area contributed by atoms with E-state index in [2.05, 4.69) is 0 Å². The summed E-state index contributed by atoms with van der Waals surface area (Å²) in [5, 5.41) is 0. The normalized spacial score (nSPS) is 13.3. The average molecular weight is 322 g/mol. The van der Waals surface area contributed by atoms with Crippen LogP contribution in [-0.2, 0) is 11.1 Å². The monoisotopic (exact) mass is 322 g/mol. The van der Waals surface area contributed by atoms with E-state index in [1.807, 2.05) is 19.1 Å². The predicted octanol–water partition coefficient (Wildman–Crippen LogP) is 3.42. The molecule has 2 rings (SSSR count). The molecule has 0 aromatic heterocycles. The van der Waals surface area contributed by atoms with Crippen molar-refractivity contribution >= 4 is 11.1 Å². The highest BCUT2D eigenvalue weighted by molar-refractivity contribution is 7.79. The molecule has 0 amide bonds. The molecule has 0 heterocycles. The van der Waals surface area contributed by atoms with Crippen LogP contribution in [0, 0.1) is 0 Å². The molecule has 0 aliphatic carbocycles. The second-order valence-corrected chi connectivity index (χ2v) is 5.60. The fraction of sp³-hybridized carbons (Fsp3) is 0.250. The largest absolute Gasteiger partial charge is 0.497 e. The molecule has 2 aromatic carbocycles. The van der Waals surface area contributed by atoms with Gasteiger partial charge >= 0.3 is 0 Å². The number of ether oxygens (including phenoxy) is 3. The first-order valence-electron chi connectivity index (χ1n) is 6.64. The highest BCUT2D eigenvalue weighted by Crippen LogP contribution is 2.29. The molecular weight excluding hydrogens is 304 g/mol. The Labute approximate surface area is 132 Å². The van der Waals surface area contributed by atoms with Gasteiger partial charge < -0.3 is 18.8 Å². The average Bonchev–Trinajstić information content (AvgIpc) is 2.54. The summed E-state index contributed by atoms with van der Waals surface area (Å²) < 4.78 is 36.3. The van der Waals surface area contributed by atoms with Crippen LogP contribution in [0.2, 0.25) is 0 Å². The Bertz CT molecular complexity index is 632. The summed E-state index contributed by atoms with van der Waals surface area (Å²) >= 11 is -1.98. The Morgan fingerprint density at radius 1 is 0.955 bits per heavy atom. The minimum Gasteiger partial charge on any atom is -0.497 e. The topological polar surface area (TPSA) is 65.0 Å². The van der Waals surface area contributed by atoms with Crippen molar-refractivity contribution in [3.63, 3.8) is 0 Å². The minimum absolute atomic E-state index is 0.227. The van der Waals surface area contributed by atoms with E-state index in [1.165, 1.54) is 0 Å². The molecule has 6 heteroatoms. The molecule has 0 fully saturated rings. The fourth-order valence-electron chi connectivity index (χ4n) is 1.97. The van der Waals surface area contributed by atoms with Crippen LogP contribution < -0.4 is 14.2 Å². The quantitative estimate of drug-likeness (QED) is 0.826. The first-order valence-corrected chi connectivity index (χ1v) is 7.74. The summed E-state index contributed by atoms with van der Waals surface area (Å²) in [6.07, 6.45) is -0.227. The van der Waals surface area contributed by atoms with Gasteiger partial charge in [0.25, 0.3) is 0 Å². The second-order valence-electron chi connectivity index (χ2n) is 4.63. The van der Waals surface area contributed by atoms with Crippen molar-refractivity contribution in [1.29, 1.82) is 0 Å².